The number of rotatable bonds is 5. The summed E-state index contributed by atoms with van der Waals surface area (Å²) in [6.45, 7) is 1.94. The third-order valence-electron chi connectivity index (χ3n) is 4.41. The summed E-state index contributed by atoms with van der Waals surface area (Å²) in [4.78, 5) is 0. The highest BCUT2D eigenvalue weighted by Gasteiger charge is 2.22. The summed E-state index contributed by atoms with van der Waals surface area (Å²) in [6.07, 6.45) is 0. The summed E-state index contributed by atoms with van der Waals surface area (Å²) in [5.74, 6) is 0.0613. The molecule has 0 aliphatic heterocycles. The summed E-state index contributed by atoms with van der Waals surface area (Å²) in [5.41, 5.74) is 3.01. The maximum Gasteiger partial charge on any atom is 0.250 e. The molecule has 140 valence electrons. The van der Waals surface area contributed by atoms with E-state index in [1.165, 1.54) is 6.07 Å². The van der Waals surface area contributed by atoms with Crippen LogP contribution < -0.4 is 5.32 Å². The van der Waals surface area contributed by atoms with Crippen molar-refractivity contribution in [2.45, 2.75) is 13.0 Å². The molecule has 1 atom stereocenters. The van der Waals surface area contributed by atoms with Gasteiger partial charge < -0.3 is 9.73 Å². The Hall–Kier alpha value is -3.18. The molecule has 0 aliphatic carbocycles. The van der Waals surface area contributed by atoms with Gasteiger partial charge in [0.05, 0.1) is 5.56 Å². The Morgan fingerprint density at radius 1 is 0.964 bits per heavy atom. The molecule has 3 aromatic carbocycles. The summed E-state index contributed by atoms with van der Waals surface area (Å²) >= 11 is 6.26. The number of aromatic nitrogens is 2. The van der Waals surface area contributed by atoms with Crippen LogP contribution in [0.3, 0.4) is 0 Å². The zero-order valence-electron chi connectivity index (χ0n) is 15.1. The first-order valence-corrected chi connectivity index (χ1v) is 9.15. The van der Waals surface area contributed by atoms with E-state index in [0.717, 1.165) is 16.8 Å². The third-order valence-corrected chi connectivity index (χ3v) is 4.81. The lowest BCUT2D eigenvalue weighted by Crippen LogP contribution is -2.13. The quantitative estimate of drug-likeness (QED) is 0.449. The van der Waals surface area contributed by atoms with E-state index in [9.17, 15) is 4.39 Å². The van der Waals surface area contributed by atoms with Gasteiger partial charge in [-0.25, -0.2) is 4.39 Å². The van der Waals surface area contributed by atoms with Crippen LogP contribution in [-0.2, 0) is 0 Å². The van der Waals surface area contributed by atoms with Gasteiger partial charge in [-0.05, 0) is 42.3 Å². The fourth-order valence-corrected chi connectivity index (χ4v) is 3.06. The summed E-state index contributed by atoms with van der Waals surface area (Å²) in [6, 6.07) is 21.3. The number of hydrogen-bond acceptors (Lipinski definition) is 4. The largest absolute Gasteiger partial charge is 0.418 e. The van der Waals surface area contributed by atoms with Crippen molar-refractivity contribution in [2.75, 3.05) is 5.32 Å². The van der Waals surface area contributed by atoms with E-state index in [1.807, 2.05) is 55.5 Å². The molecule has 1 unspecified atom stereocenters. The first kappa shape index (κ1) is 18.2. The summed E-state index contributed by atoms with van der Waals surface area (Å²) < 4.78 is 19.9. The SMILES string of the molecule is Cc1ccc(NC(c2ccccc2)c2nnc(-c3ccccc3F)o2)cc1Cl. The highest BCUT2D eigenvalue weighted by molar-refractivity contribution is 6.31. The van der Waals surface area contributed by atoms with Gasteiger partial charge in [-0.15, -0.1) is 10.2 Å². The first-order chi connectivity index (χ1) is 13.6. The van der Waals surface area contributed by atoms with E-state index in [0.29, 0.717) is 10.9 Å². The van der Waals surface area contributed by atoms with Crippen molar-refractivity contribution in [1.82, 2.24) is 10.2 Å². The van der Waals surface area contributed by atoms with E-state index < -0.39 is 11.9 Å². The predicted octanol–water partition coefficient (Wildman–Crippen LogP) is 6.04. The van der Waals surface area contributed by atoms with E-state index in [-0.39, 0.29) is 11.5 Å². The van der Waals surface area contributed by atoms with Gasteiger partial charge in [-0.3, -0.25) is 0 Å². The smallest absolute Gasteiger partial charge is 0.250 e. The Kier molecular flexibility index (Phi) is 5.08. The Morgan fingerprint density at radius 2 is 1.71 bits per heavy atom. The molecule has 0 bridgehead atoms. The fraction of sp³-hybridized carbons (Fsp3) is 0.0909. The maximum absolute atomic E-state index is 14.1. The lowest BCUT2D eigenvalue weighted by molar-refractivity contribution is 0.490. The molecule has 1 aromatic heterocycles. The molecule has 6 heteroatoms. The lowest BCUT2D eigenvalue weighted by atomic mass is 10.1. The van der Waals surface area contributed by atoms with Gasteiger partial charge in [-0.1, -0.05) is 60.1 Å². The Bertz CT molecular complexity index is 1100. The van der Waals surface area contributed by atoms with Gasteiger partial charge in [0.1, 0.15) is 11.9 Å². The molecule has 0 saturated heterocycles. The van der Waals surface area contributed by atoms with Crippen molar-refractivity contribution >= 4 is 17.3 Å². The second-order valence-electron chi connectivity index (χ2n) is 6.38. The van der Waals surface area contributed by atoms with Gasteiger partial charge in [0.15, 0.2) is 0 Å². The Balaban J connectivity index is 1.72. The van der Waals surface area contributed by atoms with Crippen molar-refractivity contribution in [3.8, 4) is 11.5 Å². The van der Waals surface area contributed by atoms with Crippen molar-refractivity contribution in [3.05, 3.63) is 101 Å². The molecule has 1 N–H and O–H groups in total. The van der Waals surface area contributed by atoms with Gasteiger partial charge in [0.25, 0.3) is 5.89 Å². The van der Waals surface area contributed by atoms with Gasteiger partial charge in [-0.2, -0.15) is 0 Å². The molecule has 0 spiro atoms. The minimum Gasteiger partial charge on any atom is -0.418 e. The van der Waals surface area contributed by atoms with Crippen molar-refractivity contribution in [2.24, 2.45) is 0 Å². The third kappa shape index (κ3) is 3.75. The predicted molar refractivity (Wildman–Crippen MR) is 108 cm³/mol. The minimum atomic E-state index is -0.410. The Morgan fingerprint density at radius 3 is 2.46 bits per heavy atom. The van der Waals surface area contributed by atoms with Crippen LogP contribution in [0.4, 0.5) is 10.1 Å². The van der Waals surface area contributed by atoms with Crippen molar-refractivity contribution in [3.63, 3.8) is 0 Å². The molecule has 0 aliphatic rings. The van der Waals surface area contributed by atoms with Gasteiger partial charge in [0, 0.05) is 10.7 Å². The zero-order valence-corrected chi connectivity index (χ0v) is 15.8. The molecule has 0 saturated carbocycles. The van der Waals surface area contributed by atoms with Gasteiger partial charge >= 0.3 is 0 Å². The van der Waals surface area contributed by atoms with E-state index >= 15 is 0 Å². The highest BCUT2D eigenvalue weighted by Crippen LogP contribution is 2.30. The van der Waals surface area contributed by atoms with E-state index in [2.05, 4.69) is 15.5 Å². The molecule has 0 radical (unpaired) electrons. The van der Waals surface area contributed by atoms with E-state index in [1.54, 1.807) is 18.2 Å². The average molecular weight is 394 g/mol. The monoisotopic (exact) mass is 393 g/mol. The summed E-state index contributed by atoms with van der Waals surface area (Å²) in [7, 11) is 0. The van der Waals surface area contributed by atoms with E-state index in [4.69, 9.17) is 16.0 Å². The van der Waals surface area contributed by atoms with Crippen LogP contribution in [0.25, 0.3) is 11.5 Å². The molecule has 1 heterocycles. The summed E-state index contributed by atoms with van der Waals surface area (Å²) in [5, 5.41) is 12.3. The lowest BCUT2D eigenvalue weighted by Gasteiger charge is -2.17. The number of nitrogens with one attached hydrogen (secondary N) is 1. The van der Waals surface area contributed by atoms with Crippen LogP contribution in [0.1, 0.15) is 23.1 Å². The second kappa shape index (κ2) is 7.82. The van der Waals surface area contributed by atoms with Crippen molar-refractivity contribution < 1.29 is 8.81 Å². The number of benzene rings is 3. The second-order valence-corrected chi connectivity index (χ2v) is 6.78. The first-order valence-electron chi connectivity index (χ1n) is 8.78. The van der Waals surface area contributed by atoms with Crippen LogP contribution in [0.2, 0.25) is 5.02 Å². The van der Waals surface area contributed by atoms with Crippen LogP contribution in [0, 0.1) is 12.7 Å². The average Bonchev–Trinajstić information content (AvgIpc) is 3.19. The molecule has 0 fully saturated rings. The minimum absolute atomic E-state index is 0.137. The number of aryl methyl sites for hydroxylation is 1. The molecule has 4 aromatic rings. The fourth-order valence-electron chi connectivity index (χ4n) is 2.88. The molecule has 28 heavy (non-hydrogen) atoms. The van der Waals surface area contributed by atoms with Gasteiger partial charge in [0.2, 0.25) is 5.89 Å². The highest BCUT2D eigenvalue weighted by atomic mass is 35.5. The van der Waals surface area contributed by atoms with Crippen LogP contribution in [-0.4, -0.2) is 10.2 Å². The number of halogens is 2. The number of hydrogen-bond donors (Lipinski definition) is 1. The molecular weight excluding hydrogens is 377 g/mol. The molecular formula is C22H17ClFN3O. The van der Waals surface area contributed by atoms with Crippen LogP contribution in [0.5, 0.6) is 0 Å². The maximum atomic E-state index is 14.1. The van der Waals surface area contributed by atoms with Crippen LogP contribution >= 0.6 is 11.6 Å². The normalized spacial score (nSPS) is 12.0. The number of nitrogens with zero attached hydrogens (tertiary/aromatic N) is 2. The molecule has 4 nitrogen and oxygen atoms in total. The molecule has 4 rings (SSSR count). The standard InChI is InChI=1S/C22H17ClFN3O/c1-14-11-12-16(13-18(14)23)25-20(15-7-3-2-4-8-15)22-27-26-21(28-22)17-9-5-6-10-19(17)24/h2-13,20,25H,1H3. The number of anilines is 1. The van der Waals surface area contributed by atoms with Crippen molar-refractivity contribution in [1.29, 1.82) is 0 Å². The van der Waals surface area contributed by atoms with Crippen LogP contribution in [0.15, 0.2) is 77.2 Å². The molecule has 0 amide bonds. The topological polar surface area (TPSA) is 51.0 Å². The zero-order chi connectivity index (χ0) is 19.5. The Labute approximate surface area is 167 Å².